The maximum atomic E-state index is 13.9. The van der Waals surface area contributed by atoms with Crippen LogP contribution < -0.4 is 15.0 Å². The maximum Gasteiger partial charge on any atom is 0.172 e. The molecular weight excluding hydrogens is 402 g/mol. The summed E-state index contributed by atoms with van der Waals surface area (Å²) < 4.78 is 32.8. The molecular formula is C22H22F2N6O. The number of hydrogen-bond acceptors (Lipinski definition) is 7. The number of benzene rings is 1. The van der Waals surface area contributed by atoms with Gasteiger partial charge in [-0.1, -0.05) is 0 Å². The summed E-state index contributed by atoms with van der Waals surface area (Å²) in [4.78, 5) is 15.6. The molecule has 0 saturated carbocycles. The third-order valence-corrected chi connectivity index (χ3v) is 5.00. The van der Waals surface area contributed by atoms with Crippen LogP contribution in [0.1, 0.15) is 32.4 Å². The Morgan fingerprint density at radius 2 is 1.94 bits per heavy atom. The van der Waals surface area contributed by atoms with E-state index < -0.39 is 11.6 Å². The molecule has 1 aromatic carbocycles. The smallest absolute Gasteiger partial charge is 0.172 e. The number of halogens is 2. The molecule has 1 saturated heterocycles. The SMILES string of the molecule is CC(C)Nc1nc2cc(C#N)ncc2nc1N1CCC(Oc2ccc(F)cc2F)CC1. The fourth-order valence-corrected chi connectivity index (χ4v) is 3.54. The van der Waals surface area contributed by atoms with Crippen molar-refractivity contribution in [1.82, 2.24) is 15.0 Å². The average Bonchev–Trinajstić information content (AvgIpc) is 2.75. The van der Waals surface area contributed by atoms with E-state index in [-0.39, 0.29) is 23.6 Å². The molecule has 9 heteroatoms. The van der Waals surface area contributed by atoms with E-state index in [1.807, 2.05) is 19.9 Å². The van der Waals surface area contributed by atoms with Crippen molar-refractivity contribution in [2.45, 2.75) is 38.8 Å². The summed E-state index contributed by atoms with van der Waals surface area (Å²) in [6.45, 7) is 5.31. The zero-order chi connectivity index (χ0) is 22.0. The number of rotatable bonds is 5. The minimum Gasteiger partial charge on any atom is -0.487 e. The number of pyridine rings is 1. The topological polar surface area (TPSA) is 87.0 Å². The van der Waals surface area contributed by atoms with Crippen LogP contribution in [0.25, 0.3) is 11.0 Å². The minimum absolute atomic E-state index is 0.0619. The van der Waals surface area contributed by atoms with E-state index in [0.717, 1.165) is 6.07 Å². The first kappa shape index (κ1) is 20.7. The van der Waals surface area contributed by atoms with Crippen molar-refractivity contribution in [2.24, 2.45) is 0 Å². The van der Waals surface area contributed by atoms with Crippen LogP contribution in [0.3, 0.4) is 0 Å². The van der Waals surface area contributed by atoms with E-state index in [4.69, 9.17) is 15.0 Å². The molecule has 2 aromatic heterocycles. The van der Waals surface area contributed by atoms with Crippen LogP contribution in [0.2, 0.25) is 0 Å². The Morgan fingerprint density at radius 1 is 1.16 bits per heavy atom. The maximum absolute atomic E-state index is 13.9. The predicted octanol–water partition coefficient (Wildman–Crippen LogP) is 4.04. The summed E-state index contributed by atoms with van der Waals surface area (Å²) in [5.74, 6) is 0.0825. The molecule has 0 spiro atoms. The number of fused-ring (bicyclic) bond motifs is 1. The van der Waals surface area contributed by atoms with E-state index in [1.54, 1.807) is 12.3 Å². The number of nitriles is 1. The number of nitrogens with one attached hydrogen (secondary N) is 1. The molecule has 0 atom stereocenters. The van der Waals surface area contributed by atoms with Gasteiger partial charge in [-0.25, -0.2) is 23.7 Å². The first-order valence-corrected chi connectivity index (χ1v) is 10.1. The average molecular weight is 424 g/mol. The van der Waals surface area contributed by atoms with Gasteiger partial charge in [0.05, 0.1) is 11.7 Å². The molecule has 0 aliphatic carbocycles. The molecule has 4 rings (SSSR count). The van der Waals surface area contributed by atoms with Crippen LogP contribution in [0.15, 0.2) is 30.5 Å². The Balaban J connectivity index is 1.54. The Hall–Kier alpha value is -3.54. The largest absolute Gasteiger partial charge is 0.487 e. The van der Waals surface area contributed by atoms with E-state index in [2.05, 4.69) is 20.2 Å². The minimum atomic E-state index is -0.699. The Bertz CT molecular complexity index is 1140. The molecule has 31 heavy (non-hydrogen) atoms. The fourth-order valence-electron chi connectivity index (χ4n) is 3.54. The second-order valence-electron chi connectivity index (χ2n) is 7.74. The quantitative estimate of drug-likeness (QED) is 0.661. The van der Waals surface area contributed by atoms with Crippen LogP contribution in [0.5, 0.6) is 5.75 Å². The lowest BCUT2D eigenvalue weighted by molar-refractivity contribution is 0.163. The third-order valence-electron chi connectivity index (χ3n) is 5.00. The second-order valence-corrected chi connectivity index (χ2v) is 7.74. The molecule has 160 valence electrons. The van der Waals surface area contributed by atoms with Crippen LogP contribution in [0, 0.1) is 23.0 Å². The highest BCUT2D eigenvalue weighted by Crippen LogP contribution is 2.30. The van der Waals surface area contributed by atoms with Crippen LogP contribution in [0.4, 0.5) is 20.4 Å². The number of nitrogens with zero attached hydrogens (tertiary/aromatic N) is 5. The van der Waals surface area contributed by atoms with E-state index >= 15 is 0 Å². The molecule has 3 aromatic rings. The van der Waals surface area contributed by atoms with Crippen molar-refractivity contribution in [3.05, 3.63) is 47.8 Å². The van der Waals surface area contributed by atoms with Crippen molar-refractivity contribution in [2.75, 3.05) is 23.3 Å². The van der Waals surface area contributed by atoms with Crippen molar-refractivity contribution in [3.63, 3.8) is 0 Å². The summed E-state index contributed by atoms with van der Waals surface area (Å²) >= 11 is 0. The summed E-state index contributed by atoms with van der Waals surface area (Å²) in [7, 11) is 0. The van der Waals surface area contributed by atoms with Gasteiger partial charge in [-0.2, -0.15) is 5.26 Å². The van der Waals surface area contributed by atoms with Gasteiger partial charge in [-0.3, -0.25) is 0 Å². The normalized spacial score (nSPS) is 14.6. The molecule has 3 heterocycles. The number of aromatic nitrogens is 3. The van der Waals surface area contributed by atoms with Crippen LogP contribution in [-0.4, -0.2) is 40.2 Å². The summed E-state index contributed by atoms with van der Waals surface area (Å²) in [5, 5.41) is 12.4. The number of anilines is 2. The van der Waals surface area contributed by atoms with Gasteiger partial charge in [-0.15, -0.1) is 0 Å². The van der Waals surface area contributed by atoms with Gasteiger partial charge in [0, 0.05) is 44.1 Å². The molecule has 1 aliphatic rings. The van der Waals surface area contributed by atoms with Gasteiger partial charge in [0.2, 0.25) is 0 Å². The second kappa shape index (κ2) is 8.68. The summed E-state index contributed by atoms with van der Waals surface area (Å²) in [5.41, 5.74) is 1.49. The van der Waals surface area contributed by atoms with Crippen LogP contribution in [-0.2, 0) is 0 Å². The van der Waals surface area contributed by atoms with Gasteiger partial charge in [0.15, 0.2) is 23.2 Å². The highest BCUT2D eigenvalue weighted by atomic mass is 19.1. The fraction of sp³-hybridized carbons (Fsp3) is 0.364. The van der Waals surface area contributed by atoms with Crippen molar-refractivity contribution in [3.8, 4) is 11.8 Å². The van der Waals surface area contributed by atoms with Crippen LogP contribution >= 0.6 is 0 Å². The lowest BCUT2D eigenvalue weighted by Gasteiger charge is -2.34. The molecule has 0 bridgehead atoms. The van der Waals surface area contributed by atoms with Gasteiger partial charge < -0.3 is 15.0 Å². The Kier molecular flexibility index (Phi) is 5.80. The highest BCUT2D eigenvalue weighted by molar-refractivity contribution is 5.80. The standard InChI is InChI=1S/C22H22F2N6O/c1-13(2)27-21-22(29-19-12-26-15(11-25)10-18(19)28-21)30-7-5-16(6-8-30)31-20-4-3-14(23)9-17(20)24/h3-4,9-10,12-13,16H,5-8H2,1-2H3,(H,27,28). The molecule has 1 fully saturated rings. The zero-order valence-corrected chi connectivity index (χ0v) is 17.3. The van der Waals surface area contributed by atoms with Crippen molar-refractivity contribution < 1.29 is 13.5 Å². The van der Waals surface area contributed by atoms with E-state index in [1.165, 1.54) is 12.1 Å². The molecule has 0 amide bonds. The van der Waals surface area contributed by atoms with E-state index in [9.17, 15) is 8.78 Å². The number of ether oxygens (including phenoxy) is 1. The van der Waals surface area contributed by atoms with Gasteiger partial charge in [-0.05, 0) is 26.0 Å². The lowest BCUT2D eigenvalue weighted by atomic mass is 10.1. The number of hydrogen-bond donors (Lipinski definition) is 1. The summed E-state index contributed by atoms with van der Waals surface area (Å²) in [6, 6.07) is 7.11. The zero-order valence-electron chi connectivity index (χ0n) is 17.3. The van der Waals surface area contributed by atoms with Gasteiger partial charge in [0.25, 0.3) is 0 Å². The van der Waals surface area contributed by atoms with Crippen molar-refractivity contribution >= 4 is 22.7 Å². The van der Waals surface area contributed by atoms with E-state index in [0.29, 0.717) is 48.6 Å². The highest BCUT2D eigenvalue weighted by Gasteiger charge is 2.25. The van der Waals surface area contributed by atoms with Gasteiger partial charge >= 0.3 is 0 Å². The molecule has 7 nitrogen and oxygen atoms in total. The Morgan fingerprint density at radius 3 is 2.61 bits per heavy atom. The van der Waals surface area contributed by atoms with Crippen molar-refractivity contribution in [1.29, 1.82) is 5.26 Å². The molecule has 1 N–H and O–H groups in total. The molecule has 1 aliphatic heterocycles. The third kappa shape index (κ3) is 4.63. The molecule has 0 unspecified atom stereocenters. The number of piperidine rings is 1. The summed E-state index contributed by atoms with van der Waals surface area (Å²) in [6.07, 6.45) is 2.69. The van der Waals surface area contributed by atoms with Gasteiger partial charge in [0.1, 0.15) is 29.2 Å². The first-order valence-electron chi connectivity index (χ1n) is 10.1. The lowest BCUT2D eigenvalue weighted by Crippen LogP contribution is -2.39. The first-order chi connectivity index (χ1) is 14.9. The molecule has 0 radical (unpaired) electrons. The monoisotopic (exact) mass is 424 g/mol. The Labute approximate surface area is 178 Å². The predicted molar refractivity (Wildman–Crippen MR) is 113 cm³/mol.